The molecule has 3 saturated carbocycles. The van der Waals surface area contributed by atoms with Crippen molar-refractivity contribution in [3.63, 3.8) is 0 Å². The van der Waals surface area contributed by atoms with Crippen LogP contribution in [-0.2, 0) is 9.59 Å². The fourth-order valence-electron chi connectivity index (χ4n) is 9.63. The Kier molecular flexibility index (Phi) is 7.74. The first-order valence-electron chi connectivity index (χ1n) is 14.6. The lowest BCUT2D eigenvalue weighted by Gasteiger charge is -2.61. The van der Waals surface area contributed by atoms with E-state index in [1.54, 1.807) is 0 Å². The van der Waals surface area contributed by atoms with Gasteiger partial charge in [-0.1, -0.05) is 12.0 Å². The van der Waals surface area contributed by atoms with Gasteiger partial charge in [-0.15, -0.1) is 0 Å². The first-order chi connectivity index (χ1) is 18.3. The number of carboxylic acids is 1. The number of aliphatic hydroxyl groups excluding tert-OH is 1. The number of rotatable bonds is 8. The molecule has 10 nitrogen and oxygen atoms in total. The average molecular weight is 532 g/mol. The number of Topliss-reactive ketones (excluding diaryl/α,β-unsaturated/α-hetero) is 1. The highest BCUT2D eigenvalue weighted by molar-refractivity contribution is 6.03. The largest absolute Gasteiger partial charge is 0.545 e. The summed E-state index contributed by atoms with van der Waals surface area (Å²) in [4.78, 5) is 31.9. The van der Waals surface area contributed by atoms with E-state index in [-0.39, 0.29) is 54.0 Å². The van der Waals surface area contributed by atoms with Crippen molar-refractivity contribution in [1.29, 1.82) is 0 Å². The Hall–Kier alpha value is -1.85. The standard InChI is InChI=1S/C28H45N5O5/c1-30-9-10-32-25(29)33-12-8-20(15-31-11-13-34)27(17-33)19-7-6-18-4-2-3-5-22(35)28(38)16-26(18,27)21(14-19)23(28)24(36)37/h18-20,30-31,34,38H,2-17H2,1H3,(H2,29,32)(H,36,37). The molecule has 5 aliphatic rings. The number of fused-ring (bicyclic) bond motifs is 1. The van der Waals surface area contributed by atoms with E-state index in [0.29, 0.717) is 45.0 Å². The third kappa shape index (κ3) is 3.98. The van der Waals surface area contributed by atoms with Gasteiger partial charge >= 0.3 is 0 Å². The summed E-state index contributed by atoms with van der Waals surface area (Å²) < 4.78 is 0. The molecule has 3 bridgehead atoms. The van der Waals surface area contributed by atoms with E-state index in [9.17, 15) is 24.9 Å². The quantitative estimate of drug-likeness (QED) is 0.116. The molecule has 4 fully saturated rings. The van der Waals surface area contributed by atoms with Crippen molar-refractivity contribution in [3.8, 4) is 0 Å². The van der Waals surface area contributed by atoms with Gasteiger partial charge in [-0.05, 0) is 69.9 Å². The van der Waals surface area contributed by atoms with E-state index in [2.05, 4.69) is 15.6 Å². The van der Waals surface area contributed by atoms with Crippen molar-refractivity contribution in [1.82, 2.24) is 10.6 Å². The molecule has 0 aromatic carbocycles. The number of hydrogen-bond acceptors (Lipinski definition) is 8. The minimum atomic E-state index is -1.99. The third-order valence-corrected chi connectivity index (χ3v) is 10.9. The van der Waals surface area contributed by atoms with E-state index in [0.717, 1.165) is 55.7 Å². The van der Waals surface area contributed by atoms with Gasteiger partial charge in [0.1, 0.15) is 0 Å². The number of aliphatic hydroxyl groups is 2. The number of nitrogens with zero attached hydrogens (tertiary/aromatic N) is 1. The lowest BCUT2D eigenvalue weighted by Crippen LogP contribution is -3.19. The second-order valence-electron chi connectivity index (χ2n) is 12.3. The Morgan fingerprint density at radius 3 is 2.74 bits per heavy atom. The summed E-state index contributed by atoms with van der Waals surface area (Å²) in [6.07, 6.45) is 6.31. The Balaban J connectivity index is 1.67. The summed E-state index contributed by atoms with van der Waals surface area (Å²) >= 11 is 0. The van der Waals surface area contributed by atoms with Crippen LogP contribution in [0.3, 0.4) is 0 Å². The van der Waals surface area contributed by atoms with Gasteiger partial charge < -0.3 is 36.5 Å². The number of nitrogens with two attached hydrogens (primary N) is 1. The van der Waals surface area contributed by atoms with E-state index in [4.69, 9.17) is 5.73 Å². The number of nitrogens with one attached hydrogen (secondary N) is 3. The molecule has 0 amide bonds. The Morgan fingerprint density at radius 1 is 1.21 bits per heavy atom. The van der Waals surface area contributed by atoms with Crippen LogP contribution in [0.5, 0.6) is 0 Å². The van der Waals surface area contributed by atoms with Gasteiger partial charge in [0.2, 0.25) is 0 Å². The number of allylic oxidation sites excluding steroid dienone is 1. The van der Waals surface area contributed by atoms with Crippen LogP contribution in [-0.4, -0.2) is 86.4 Å². The lowest BCUT2D eigenvalue weighted by molar-refractivity contribution is -0.828. The minimum absolute atomic E-state index is 0.0492. The van der Waals surface area contributed by atoms with Crippen LogP contribution >= 0.6 is 0 Å². The van der Waals surface area contributed by atoms with Crippen molar-refractivity contribution >= 4 is 17.7 Å². The fourth-order valence-corrected chi connectivity index (χ4v) is 9.63. The van der Waals surface area contributed by atoms with Crippen molar-refractivity contribution < 1.29 is 29.8 Å². The van der Waals surface area contributed by atoms with Crippen LogP contribution < -0.4 is 26.4 Å². The van der Waals surface area contributed by atoms with Gasteiger partial charge in [0.25, 0.3) is 5.96 Å². The normalized spacial score (nSPS) is 40.8. The van der Waals surface area contributed by atoms with E-state index in [1.807, 2.05) is 7.05 Å². The predicted molar refractivity (Wildman–Crippen MR) is 140 cm³/mol. The van der Waals surface area contributed by atoms with Gasteiger partial charge in [-0.3, -0.25) is 9.69 Å². The lowest BCUT2D eigenvalue weighted by atomic mass is 9.44. The van der Waals surface area contributed by atoms with Crippen molar-refractivity contribution in [2.75, 3.05) is 52.9 Å². The summed E-state index contributed by atoms with van der Waals surface area (Å²) in [7, 11) is 1.88. The first-order valence-corrected chi connectivity index (χ1v) is 14.6. The molecule has 212 valence electrons. The Bertz CT molecular complexity index is 1020. The molecule has 4 aliphatic carbocycles. The monoisotopic (exact) mass is 531 g/mol. The number of likely N-dealkylation sites (N-methyl/N-ethyl adjacent to an activating group) is 1. The van der Waals surface area contributed by atoms with Gasteiger partial charge in [-0.25, -0.2) is 4.99 Å². The zero-order valence-corrected chi connectivity index (χ0v) is 22.7. The number of aliphatic imine (C=N–C) groups is 1. The van der Waals surface area contributed by atoms with Crippen LogP contribution in [0.1, 0.15) is 57.8 Å². The second kappa shape index (κ2) is 10.6. The van der Waals surface area contributed by atoms with Crippen LogP contribution in [0, 0.1) is 28.6 Å². The summed E-state index contributed by atoms with van der Waals surface area (Å²) in [6.45, 7) is 4.11. The highest BCUT2D eigenvalue weighted by Crippen LogP contribution is 2.77. The summed E-state index contributed by atoms with van der Waals surface area (Å²) in [5, 5.41) is 40.7. The number of carboxylic acid groups (broad SMARTS) is 1. The SMILES string of the molecule is CNCCN=C(N)[NH+]1CCC(CNCCO)C2(C1)C1CCC3CCCCC(=O)C4(O)CC32C(=C4C(=O)[O-])C1. The van der Waals surface area contributed by atoms with Crippen LogP contribution in [0.25, 0.3) is 0 Å². The highest BCUT2D eigenvalue weighted by atomic mass is 16.4. The molecule has 38 heavy (non-hydrogen) atoms. The summed E-state index contributed by atoms with van der Waals surface area (Å²) in [6, 6.07) is 0. The molecule has 7 N–H and O–H groups in total. The second-order valence-corrected chi connectivity index (χ2v) is 12.3. The summed E-state index contributed by atoms with van der Waals surface area (Å²) in [5.41, 5.74) is 4.36. The zero-order valence-electron chi connectivity index (χ0n) is 22.7. The predicted octanol–water partition coefficient (Wildman–Crippen LogP) is -2.27. The number of quaternary nitrogens is 1. The molecular weight excluding hydrogens is 486 g/mol. The minimum Gasteiger partial charge on any atom is -0.545 e. The molecule has 0 aromatic heterocycles. The Morgan fingerprint density at radius 2 is 2.00 bits per heavy atom. The number of piperidine rings is 1. The number of carbonyl (C=O) groups is 2. The number of aliphatic carboxylic acids is 1. The number of guanidine groups is 1. The highest BCUT2D eigenvalue weighted by Gasteiger charge is 2.77. The van der Waals surface area contributed by atoms with Crippen LogP contribution in [0.15, 0.2) is 16.1 Å². The first kappa shape index (κ1) is 27.7. The maximum absolute atomic E-state index is 13.5. The van der Waals surface area contributed by atoms with Crippen molar-refractivity contribution in [3.05, 3.63) is 11.1 Å². The van der Waals surface area contributed by atoms with Gasteiger partial charge in [0.05, 0.1) is 32.2 Å². The van der Waals surface area contributed by atoms with E-state index in [1.165, 1.54) is 0 Å². The van der Waals surface area contributed by atoms with Gasteiger partial charge in [0.15, 0.2) is 11.4 Å². The topological polar surface area (TPSA) is 165 Å². The molecule has 1 heterocycles. The van der Waals surface area contributed by atoms with E-state index < -0.39 is 17.0 Å². The summed E-state index contributed by atoms with van der Waals surface area (Å²) in [5.74, 6) is -0.530. The zero-order chi connectivity index (χ0) is 27.1. The van der Waals surface area contributed by atoms with Gasteiger partial charge in [-0.2, -0.15) is 0 Å². The maximum Gasteiger partial charge on any atom is 0.293 e. The van der Waals surface area contributed by atoms with Crippen LogP contribution in [0.4, 0.5) is 0 Å². The number of hydrogen-bond donors (Lipinski definition) is 6. The molecule has 1 aliphatic heterocycles. The van der Waals surface area contributed by atoms with E-state index >= 15 is 0 Å². The molecule has 10 heteroatoms. The molecule has 5 rings (SSSR count). The fraction of sp³-hybridized carbons (Fsp3) is 0.821. The maximum atomic E-state index is 13.5. The molecule has 7 unspecified atom stereocenters. The van der Waals surface area contributed by atoms with Crippen molar-refractivity contribution in [2.45, 2.75) is 63.4 Å². The van der Waals surface area contributed by atoms with Crippen LogP contribution in [0.2, 0.25) is 0 Å². The number of ketones is 1. The third-order valence-electron chi connectivity index (χ3n) is 10.9. The van der Waals surface area contributed by atoms with Gasteiger partial charge in [0, 0.05) is 42.3 Å². The number of likely N-dealkylation sites (tertiary alicyclic amines) is 1. The molecule has 0 aromatic rings. The molecule has 1 saturated heterocycles. The molecular formula is C28H45N5O5. The van der Waals surface area contributed by atoms with Crippen molar-refractivity contribution in [2.24, 2.45) is 39.3 Å². The molecule has 7 atom stereocenters. The smallest absolute Gasteiger partial charge is 0.293 e. The average Bonchev–Trinajstić information content (AvgIpc) is 3.25. The molecule has 2 spiro atoms. The Labute approximate surface area is 225 Å². The molecule has 0 radical (unpaired) electrons. The number of carbonyl (C=O) groups excluding carboxylic acids is 2.